The van der Waals surface area contributed by atoms with Crippen LogP contribution >= 0.6 is 0 Å². The number of carbonyl (C=O) groups excluding carboxylic acids is 1. The van der Waals surface area contributed by atoms with Crippen molar-refractivity contribution in [1.29, 1.82) is 0 Å². The lowest BCUT2D eigenvalue weighted by Gasteiger charge is -2.12. The highest BCUT2D eigenvalue weighted by Gasteiger charge is 2.10. The first kappa shape index (κ1) is 16.9. The summed E-state index contributed by atoms with van der Waals surface area (Å²) in [5.74, 6) is -0.297. The van der Waals surface area contributed by atoms with Crippen molar-refractivity contribution in [2.75, 3.05) is 12.4 Å². The Labute approximate surface area is 156 Å². The first-order valence-corrected chi connectivity index (χ1v) is 8.62. The summed E-state index contributed by atoms with van der Waals surface area (Å²) in [6.45, 7) is 0. The van der Waals surface area contributed by atoms with Gasteiger partial charge in [-0.3, -0.25) is 4.79 Å². The molecule has 0 saturated carbocycles. The average Bonchev–Trinajstić information content (AvgIpc) is 2.72. The lowest BCUT2D eigenvalue weighted by molar-refractivity contribution is 0.112. The summed E-state index contributed by atoms with van der Waals surface area (Å²) in [6, 6.07) is 21.7. The third-order valence-electron chi connectivity index (χ3n) is 4.60. The van der Waals surface area contributed by atoms with Gasteiger partial charge in [-0.15, -0.1) is 0 Å². The van der Waals surface area contributed by atoms with Crippen LogP contribution in [0.3, 0.4) is 0 Å². The van der Waals surface area contributed by atoms with Crippen LogP contribution < -0.4 is 5.32 Å². The van der Waals surface area contributed by atoms with Crippen LogP contribution in [0.1, 0.15) is 10.4 Å². The summed E-state index contributed by atoms with van der Waals surface area (Å²) >= 11 is 0. The minimum Gasteiger partial charge on any atom is -0.388 e. The number of nitrogens with zero attached hydrogens (tertiary/aromatic N) is 1. The molecule has 0 aliphatic rings. The second kappa shape index (κ2) is 7.00. The van der Waals surface area contributed by atoms with Crippen LogP contribution in [0.15, 0.2) is 72.8 Å². The smallest absolute Gasteiger partial charge is 0.150 e. The Bertz CT molecular complexity index is 1150. The van der Waals surface area contributed by atoms with Crippen LogP contribution in [0.4, 0.5) is 10.1 Å². The predicted molar refractivity (Wildman–Crippen MR) is 108 cm³/mol. The average molecular weight is 356 g/mol. The summed E-state index contributed by atoms with van der Waals surface area (Å²) in [7, 11) is 1.85. The van der Waals surface area contributed by atoms with Crippen molar-refractivity contribution in [3.05, 3.63) is 84.2 Å². The number of benzene rings is 3. The Hall–Kier alpha value is -3.53. The Morgan fingerprint density at radius 3 is 2.56 bits per heavy atom. The van der Waals surface area contributed by atoms with E-state index in [1.165, 1.54) is 12.1 Å². The highest BCUT2D eigenvalue weighted by atomic mass is 19.1. The van der Waals surface area contributed by atoms with E-state index in [4.69, 9.17) is 4.98 Å². The van der Waals surface area contributed by atoms with E-state index in [-0.39, 0.29) is 5.82 Å². The molecule has 0 spiro atoms. The molecule has 0 amide bonds. The standard InChI is InChI=1S/C23H17FN2O/c1-25-22-13-21(16-6-4-7-18(24)11-16)26-23-12-15(9-10-20(22)23)19-8-3-2-5-17(19)14-27/h2-14H,1H3,(H,25,26). The van der Waals surface area contributed by atoms with Crippen LogP contribution in [0.5, 0.6) is 0 Å². The maximum Gasteiger partial charge on any atom is 0.150 e. The number of hydrogen-bond acceptors (Lipinski definition) is 3. The molecule has 0 aliphatic carbocycles. The van der Waals surface area contributed by atoms with Crippen molar-refractivity contribution < 1.29 is 9.18 Å². The molecule has 0 atom stereocenters. The fourth-order valence-electron chi connectivity index (χ4n) is 3.26. The number of pyridine rings is 1. The van der Waals surface area contributed by atoms with E-state index in [1.807, 2.05) is 55.6 Å². The topological polar surface area (TPSA) is 42.0 Å². The lowest BCUT2D eigenvalue weighted by atomic mass is 9.98. The molecule has 4 rings (SSSR count). The summed E-state index contributed by atoms with van der Waals surface area (Å²) < 4.78 is 13.6. The van der Waals surface area contributed by atoms with Crippen LogP contribution in [0.25, 0.3) is 33.3 Å². The van der Waals surface area contributed by atoms with Crippen molar-refractivity contribution >= 4 is 22.9 Å². The second-order valence-electron chi connectivity index (χ2n) is 6.25. The van der Waals surface area contributed by atoms with E-state index < -0.39 is 0 Å². The lowest BCUT2D eigenvalue weighted by Crippen LogP contribution is -1.95. The molecular formula is C23H17FN2O. The minimum atomic E-state index is -0.297. The molecule has 4 aromatic rings. The zero-order valence-electron chi connectivity index (χ0n) is 14.7. The van der Waals surface area contributed by atoms with E-state index in [1.54, 1.807) is 12.1 Å². The van der Waals surface area contributed by atoms with Crippen molar-refractivity contribution in [1.82, 2.24) is 4.98 Å². The SMILES string of the molecule is CNc1cc(-c2cccc(F)c2)nc2cc(-c3ccccc3C=O)ccc12. The summed E-state index contributed by atoms with van der Waals surface area (Å²) in [4.78, 5) is 16.1. The Morgan fingerprint density at radius 2 is 1.78 bits per heavy atom. The van der Waals surface area contributed by atoms with Crippen LogP contribution in [0.2, 0.25) is 0 Å². The number of hydrogen-bond donors (Lipinski definition) is 1. The molecule has 0 unspecified atom stereocenters. The summed E-state index contributed by atoms with van der Waals surface area (Å²) in [5.41, 5.74) is 5.49. The Morgan fingerprint density at radius 1 is 0.926 bits per heavy atom. The van der Waals surface area contributed by atoms with Gasteiger partial charge in [-0.1, -0.05) is 48.5 Å². The van der Waals surface area contributed by atoms with Gasteiger partial charge in [0, 0.05) is 29.2 Å². The van der Waals surface area contributed by atoms with Gasteiger partial charge in [-0.2, -0.15) is 0 Å². The fraction of sp³-hybridized carbons (Fsp3) is 0.0435. The molecule has 0 saturated heterocycles. The molecule has 0 fully saturated rings. The molecule has 0 bridgehead atoms. The van der Waals surface area contributed by atoms with Gasteiger partial charge in [0.1, 0.15) is 5.82 Å². The highest BCUT2D eigenvalue weighted by Crippen LogP contribution is 2.32. The highest BCUT2D eigenvalue weighted by molar-refractivity contribution is 5.97. The van der Waals surface area contributed by atoms with E-state index in [9.17, 15) is 9.18 Å². The van der Waals surface area contributed by atoms with Crippen LogP contribution in [0, 0.1) is 5.82 Å². The number of carbonyl (C=O) groups is 1. The van der Waals surface area contributed by atoms with Gasteiger partial charge in [0.05, 0.1) is 11.2 Å². The minimum absolute atomic E-state index is 0.297. The van der Waals surface area contributed by atoms with Gasteiger partial charge in [-0.25, -0.2) is 9.37 Å². The summed E-state index contributed by atoms with van der Waals surface area (Å²) in [5, 5.41) is 4.15. The zero-order chi connectivity index (χ0) is 18.8. The van der Waals surface area contributed by atoms with E-state index in [2.05, 4.69) is 5.32 Å². The molecule has 132 valence electrons. The maximum absolute atomic E-state index is 13.6. The zero-order valence-corrected chi connectivity index (χ0v) is 14.7. The number of halogens is 1. The number of aldehydes is 1. The van der Waals surface area contributed by atoms with Crippen molar-refractivity contribution in [3.8, 4) is 22.4 Å². The number of fused-ring (bicyclic) bond motifs is 1. The molecule has 4 heteroatoms. The number of rotatable bonds is 4. The molecule has 1 N–H and O–H groups in total. The third-order valence-corrected chi connectivity index (χ3v) is 4.60. The van der Waals surface area contributed by atoms with E-state index >= 15 is 0 Å². The number of nitrogens with one attached hydrogen (secondary N) is 1. The van der Waals surface area contributed by atoms with Gasteiger partial charge >= 0.3 is 0 Å². The maximum atomic E-state index is 13.6. The van der Waals surface area contributed by atoms with E-state index in [0.717, 1.165) is 34.0 Å². The number of anilines is 1. The van der Waals surface area contributed by atoms with Gasteiger partial charge in [-0.05, 0) is 35.4 Å². The fourth-order valence-corrected chi connectivity index (χ4v) is 3.26. The van der Waals surface area contributed by atoms with Crippen LogP contribution in [-0.4, -0.2) is 18.3 Å². The van der Waals surface area contributed by atoms with Gasteiger partial charge in [0.15, 0.2) is 6.29 Å². The number of aromatic nitrogens is 1. The molecular weight excluding hydrogens is 339 g/mol. The quantitative estimate of drug-likeness (QED) is 0.487. The van der Waals surface area contributed by atoms with Gasteiger partial charge in [0.25, 0.3) is 0 Å². The molecule has 27 heavy (non-hydrogen) atoms. The molecule has 1 heterocycles. The van der Waals surface area contributed by atoms with Crippen molar-refractivity contribution in [2.24, 2.45) is 0 Å². The second-order valence-corrected chi connectivity index (χ2v) is 6.25. The predicted octanol–water partition coefficient (Wildman–Crippen LogP) is 5.56. The largest absolute Gasteiger partial charge is 0.388 e. The summed E-state index contributed by atoms with van der Waals surface area (Å²) in [6.07, 6.45) is 0.856. The van der Waals surface area contributed by atoms with E-state index in [0.29, 0.717) is 16.8 Å². The van der Waals surface area contributed by atoms with Crippen LogP contribution in [-0.2, 0) is 0 Å². The first-order chi connectivity index (χ1) is 13.2. The molecule has 1 aromatic heterocycles. The first-order valence-electron chi connectivity index (χ1n) is 8.62. The van der Waals surface area contributed by atoms with Gasteiger partial charge < -0.3 is 5.32 Å². The Balaban J connectivity index is 1.93. The Kier molecular flexibility index (Phi) is 4.38. The molecule has 0 radical (unpaired) electrons. The third kappa shape index (κ3) is 3.17. The van der Waals surface area contributed by atoms with Crippen molar-refractivity contribution in [3.63, 3.8) is 0 Å². The molecule has 3 aromatic carbocycles. The monoisotopic (exact) mass is 356 g/mol. The normalized spacial score (nSPS) is 10.7. The van der Waals surface area contributed by atoms with Gasteiger partial charge in [0.2, 0.25) is 0 Å². The van der Waals surface area contributed by atoms with Crippen molar-refractivity contribution in [2.45, 2.75) is 0 Å². The molecule has 0 aliphatic heterocycles. The molecule has 3 nitrogen and oxygen atoms in total.